The van der Waals surface area contributed by atoms with Gasteiger partial charge in [0.2, 0.25) is 5.91 Å². The fraction of sp³-hybridized carbons (Fsp3) is 0.800. The molecule has 0 aromatic carbocycles. The molecule has 1 aliphatic heterocycles. The molecule has 0 aromatic heterocycles. The quantitative estimate of drug-likeness (QED) is 0.608. The fourth-order valence-corrected chi connectivity index (χ4v) is 1.78. The van der Waals surface area contributed by atoms with Crippen LogP contribution >= 0.6 is 0 Å². The van der Waals surface area contributed by atoms with Gasteiger partial charge in [0, 0.05) is 19.0 Å². The van der Waals surface area contributed by atoms with Gasteiger partial charge in [-0.25, -0.2) is 0 Å². The summed E-state index contributed by atoms with van der Waals surface area (Å²) in [5.41, 5.74) is 0. The zero-order valence-corrected chi connectivity index (χ0v) is 7.79. The first kappa shape index (κ1) is 8.73. The molecule has 13 heavy (non-hydrogen) atoms. The number of carbonyl (C=O) groups is 2. The predicted molar refractivity (Wildman–Crippen MR) is 48.2 cm³/mol. The predicted octanol–water partition coefficient (Wildman–Crippen LogP) is 0.978. The van der Waals surface area contributed by atoms with Gasteiger partial charge in [0.05, 0.1) is 6.42 Å². The standard InChI is InChI=1S/C10H15NO2/c12-9(8-3-4-8)7-10(13)11-5-1-2-6-11/h8H,1-7H2. The number of hydrogen-bond donors (Lipinski definition) is 0. The Hall–Kier alpha value is -0.860. The average molecular weight is 181 g/mol. The number of nitrogens with zero attached hydrogens (tertiary/aromatic N) is 1. The highest BCUT2D eigenvalue weighted by Gasteiger charge is 2.32. The topological polar surface area (TPSA) is 37.4 Å². The largest absolute Gasteiger partial charge is 0.342 e. The third-order valence-corrected chi connectivity index (χ3v) is 2.82. The first-order valence-corrected chi connectivity index (χ1v) is 5.08. The molecule has 2 rings (SSSR count). The van der Waals surface area contributed by atoms with E-state index in [2.05, 4.69) is 0 Å². The highest BCUT2D eigenvalue weighted by molar-refractivity contribution is 6.00. The van der Waals surface area contributed by atoms with Crippen molar-refractivity contribution in [3.63, 3.8) is 0 Å². The number of ketones is 1. The molecular formula is C10H15NO2. The van der Waals surface area contributed by atoms with E-state index in [9.17, 15) is 9.59 Å². The second kappa shape index (κ2) is 3.48. The van der Waals surface area contributed by atoms with Crippen LogP contribution < -0.4 is 0 Å². The number of Topliss-reactive ketones (excluding diaryl/α,β-unsaturated/α-hetero) is 1. The maximum Gasteiger partial charge on any atom is 0.230 e. The van der Waals surface area contributed by atoms with Gasteiger partial charge in [-0.15, -0.1) is 0 Å². The summed E-state index contributed by atoms with van der Waals surface area (Å²) in [4.78, 5) is 24.6. The summed E-state index contributed by atoms with van der Waals surface area (Å²) in [5, 5.41) is 0. The summed E-state index contributed by atoms with van der Waals surface area (Å²) in [6.45, 7) is 1.72. The Morgan fingerprint density at radius 2 is 1.77 bits per heavy atom. The maximum atomic E-state index is 11.5. The van der Waals surface area contributed by atoms with E-state index in [-0.39, 0.29) is 24.0 Å². The van der Waals surface area contributed by atoms with Crippen LogP contribution in [0.3, 0.4) is 0 Å². The Morgan fingerprint density at radius 1 is 1.15 bits per heavy atom. The van der Waals surface area contributed by atoms with E-state index in [1.165, 1.54) is 0 Å². The molecule has 3 heteroatoms. The molecule has 0 N–H and O–H groups in total. The number of hydrogen-bond acceptors (Lipinski definition) is 2. The summed E-state index contributed by atoms with van der Waals surface area (Å²) in [6, 6.07) is 0. The van der Waals surface area contributed by atoms with Crippen LogP contribution in [0.25, 0.3) is 0 Å². The molecule has 0 spiro atoms. The van der Waals surface area contributed by atoms with Crippen molar-refractivity contribution in [3.05, 3.63) is 0 Å². The van der Waals surface area contributed by atoms with Gasteiger partial charge in [-0.3, -0.25) is 9.59 Å². The van der Waals surface area contributed by atoms with Gasteiger partial charge in [0.25, 0.3) is 0 Å². The summed E-state index contributed by atoms with van der Waals surface area (Å²) >= 11 is 0. The average Bonchev–Trinajstić information content (AvgIpc) is 2.81. The lowest BCUT2D eigenvalue weighted by Crippen LogP contribution is -2.29. The van der Waals surface area contributed by atoms with E-state index in [4.69, 9.17) is 0 Å². The number of likely N-dealkylation sites (tertiary alicyclic amines) is 1. The van der Waals surface area contributed by atoms with Gasteiger partial charge < -0.3 is 4.90 Å². The molecule has 0 atom stereocenters. The lowest BCUT2D eigenvalue weighted by molar-refractivity contribution is -0.134. The summed E-state index contributed by atoms with van der Waals surface area (Å²) in [7, 11) is 0. The van der Waals surface area contributed by atoms with Crippen LogP contribution in [0, 0.1) is 5.92 Å². The maximum absolute atomic E-state index is 11.5. The molecule has 2 fully saturated rings. The molecule has 3 nitrogen and oxygen atoms in total. The molecular weight excluding hydrogens is 166 g/mol. The van der Waals surface area contributed by atoms with Crippen molar-refractivity contribution in [2.24, 2.45) is 5.92 Å². The van der Waals surface area contributed by atoms with Crippen molar-refractivity contribution in [3.8, 4) is 0 Å². The van der Waals surface area contributed by atoms with Gasteiger partial charge in [-0.05, 0) is 25.7 Å². The zero-order chi connectivity index (χ0) is 9.26. The zero-order valence-electron chi connectivity index (χ0n) is 7.79. The van der Waals surface area contributed by atoms with Gasteiger partial charge in [-0.1, -0.05) is 0 Å². The molecule has 0 radical (unpaired) electrons. The molecule has 1 saturated carbocycles. The number of rotatable bonds is 3. The third-order valence-electron chi connectivity index (χ3n) is 2.82. The first-order valence-electron chi connectivity index (χ1n) is 5.08. The Bertz CT molecular complexity index is 227. The molecule has 1 amide bonds. The lowest BCUT2D eigenvalue weighted by Gasteiger charge is -2.14. The van der Waals surface area contributed by atoms with Crippen LogP contribution in [-0.2, 0) is 9.59 Å². The fourth-order valence-electron chi connectivity index (χ4n) is 1.78. The Balaban J connectivity index is 1.79. The van der Waals surface area contributed by atoms with E-state index < -0.39 is 0 Å². The monoisotopic (exact) mass is 181 g/mol. The molecule has 1 aliphatic carbocycles. The molecule has 0 unspecified atom stereocenters. The van der Waals surface area contributed by atoms with E-state index in [1.807, 2.05) is 4.90 Å². The summed E-state index contributed by atoms with van der Waals surface area (Å²) < 4.78 is 0. The molecule has 1 heterocycles. The van der Waals surface area contributed by atoms with Crippen LogP contribution in [0.1, 0.15) is 32.1 Å². The Morgan fingerprint density at radius 3 is 2.31 bits per heavy atom. The van der Waals surface area contributed by atoms with Crippen molar-refractivity contribution in [1.82, 2.24) is 4.90 Å². The molecule has 1 saturated heterocycles. The van der Waals surface area contributed by atoms with Gasteiger partial charge in [0.1, 0.15) is 5.78 Å². The van der Waals surface area contributed by atoms with E-state index in [0.717, 1.165) is 38.8 Å². The number of carbonyl (C=O) groups excluding carboxylic acids is 2. The SMILES string of the molecule is O=C(CC(=O)N1CCCC1)C1CC1. The minimum absolute atomic E-state index is 0.0504. The van der Waals surface area contributed by atoms with Crippen molar-refractivity contribution < 1.29 is 9.59 Å². The second-order valence-corrected chi connectivity index (χ2v) is 4.01. The normalized spacial score (nSPS) is 22.0. The highest BCUT2D eigenvalue weighted by Crippen LogP contribution is 2.31. The third kappa shape index (κ3) is 2.08. The molecule has 2 aliphatic rings. The van der Waals surface area contributed by atoms with Crippen LogP contribution in [0.4, 0.5) is 0 Å². The first-order chi connectivity index (χ1) is 6.27. The lowest BCUT2D eigenvalue weighted by atomic mass is 10.2. The van der Waals surface area contributed by atoms with Gasteiger partial charge in [-0.2, -0.15) is 0 Å². The van der Waals surface area contributed by atoms with E-state index in [0.29, 0.717) is 0 Å². The van der Waals surface area contributed by atoms with Crippen LogP contribution in [-0.4, -0.2) is 29.7 Å². The highest BCUT2D eigenvalue weighted by atomic mass is 16.2. The van der Waals surface area contributed by atoms with Crippen LogP contribution in [0.15, 0.2) is 0 Å². The Kier molecular flexibility index (Phi) is 2.34. The summed E-state index contributed by atoms with van der Waals surface area (Å²) in [5.74, 6) is 0.442. The van der Waals surface area contributed by atoms with Crippen molar-refractivity contribution in [2.45, 2.75) is 32.1 Å². The Labute approximate surface area is 78.1 Å². The van der Waals surface area contributed by atoms with Gasteiger partial charge in [0.15, 0.2) is 0 Å². The summed E-state index contributed by atoms with van der Waals surface area (Å²) in [6.07, 6.45) is 4.37. The minimum Gasteiger partial charge on any atom is -0.342 e. The second-order valence-electron chi connectivity index (χ2n) is 4.01. The minimum atomic E-state index is 0.0504. The van der Waals surface area contributed by atoms with Crippen molar-refractivity contribution in [2.75, 3.05) is 13.1 Å². The number of amides is 1. The van der Waals surface area contributed by atoms with Crippen molar-refractivity contribution in [1.29, 1.82) is 0 Å². The smallest absolute Gasteiger partial charge is 0.230 e. The molecule has 0 bridgehead atoms. The van der Waals surface area contributed by atoms with Gasteiger partial charge >= 0.3 is 0 Å². The molecule has 72 valence electrons. The van der Waals surface area contributed by atoms with E-state index >= 15 is 0 Å². The van der Waals surface area contributed by atoms with Crippen LogP contribution in [0.5, 0.6) is 0 Å². The van der Waals surface area contributed by atoms with E-state index in [1.54, 1.807) is 0 Å². The molecule has 0 aromatic rings. The van der Waals surface area contributed by atoms with Crippen molar-refractivity contribution >= 4 is 11.7 Å². The van der Waals surface area contributed by atoms with Crippen LogP contribution in [0.2, 0.25) is 0 Å².